The second-order valence-corrected chi connectivity index (χ2v) is 18.1. The van der Waals surface area contributed by atoms with Crippen molar-refractivity contribution in [3.05, 3.63) is 119 Å². The molecule has 4 aliphatic rings. The first-order chi connectivity index (χ1) is 30.8. The maximum atomic E-state index is 15.7. The number of esters is 3. The van der Waals surface area contributed by atoms with Crippen LogP contribution >= 0.6 is 0 Å². The SMILES string of the molecule is CCCNC(=O)O[C@H]1C(=O)[C@]2(C)[C@@H](O)CC3OC[C@@]3(OC(C)=O)[C@H]2[C@H](OC(=O)c2ccccc2)[C@]2(O)C[C@H](OC(=O)[C@H](O)[C@@H](NC(=O)c3ccccc3)c3ccccc3)C(C)=C1C2(C)C. The molecule has 3 fully saturated rings. The number of aliphatic hydroxyl groups excluding tert-OH is 2. The molecule has 3 aliphatic carbocycles. The van der Waals surface area contributed by atoms with Gasteiger partial charge in [0.1, 0.15) is 23.9 Å². The van der Waals surface area contributed by atoms with Gasteiger partial charge in [-0.1, -0.05) is 87.5 Å². The van der Waals surface area contributed by atoms with Gasteiger partial charge in [0.05, 0.1) is 35.6 Å². The normalized spacial score (nSPS) is 30.9. The summed E-state index contributed by atoms with van der Waals surface area (Å²) in [7, 11) is 0. The van der Waals surface area contributed by atoms with Crippen molar-refractivity contribution in [2.75, 3.05) is 13.2 Å². The van der Waals surface area contributed by atoms with E-state index in [2.05, 4.69) is 10.6 Å². The molecule has 1 heterocycles. The summed E-state index contributed by atoms with van der Waals surface area (Å²) in [6, 6.07) is 23.0. The highest BCUT2D eigenvalue weighted by molar-refractivity contribution is 5.96. The van der Waals surface area contributed by atoms with E-state index >= 15 is 4.79 Å². The van der Waals surface area contributed by atoms with Crippen LogP contribution in [0, 0.1) is 16.7 Å². The minimum Gasteiger partial charge on any atom is -0.456 e. The van der Waals surface area contributed by atoms with Crippen LogP contribution in [0.1, 0.15) is 93.1 Å². The molecule has 1 saturated heterocycles. The van der Waals surface area contributed by atoms with Gasteiger partial charge in [0, 0.05) is 37.3 Å². The molecule has 2 amide bonds. The van der Waals surface area contributed by atoms with Crippen molar-refractivity contribution < 1.29 is 67.8 Å². The second kappa shape index (κ2) is 18.1. The molecule has 11 atom stereocenters. The van der Waals surface area contributed by atoms with E-state index in [1.807, 2.05) is 6.92 Å². The summed E-state index contributed by atoms with van der Waals surface area (Å²) >= 11 is 0. The van der Waals surface area contributed by atoms with E-state index in [-0.39, 0.29) is 41.8 Å². The summed E-state index contributed by atoms with van der Waals surface area (Å²) in [5.41, 5.74) is -7.17. The second-order valence-electron chi connectivity index (χ2n) is 18.1. The van der Waals surface area contributed by atoms with E-state index in [1.54, 1.807) is 92.7 Å². The molecular formula is C49H56N2O14. The Balaban J connectivity index is 1.40. The van der Waals surface area contributed by atoms with Crippen LogP contribution in [-0.2, 0) is 38.1 Å². The third-order valence-electron chi connectivity index (χ3n) is 13.9. The molecule has 346 valence electrons. The van der Waals surface area contributed by atoms with Crippen LogP contribution in [0.25, 0.3) is 0 Å². The number of hydrogen-bond donors (Lipinski definition) is 5. The highest BCUT2D eigenvalue weighted by Crippen LogP contribution is 2.64. The zero-order chi connectivity index (χ0) is 47.1. The van der Waals surface area contributed by atoms with Gasteiger partial charge in [-0.15, -0.1) is 0 Å². The summed E-state index contributed by atoms with van der Waals surface area (Å²) in [5, 5.41) is 43.2. The molecule has 0 radical (unpaired) electrons. The Bertz CT molecular complexity index is 2340. The van der Waals surface area contributed by atoms with Crippen molar-refractivity contribution in [2.45, 2.75) is 115 Å². The molecular weight excluding hydrogens is 841 g/mol. The lowest BCUT2D eigenvalue weighted by Gasteiger charge is -2.67. The molecule has 16 heteroatoms. The summed E-state index contributed by atoms with van der Waals surface area (Å²) in [5.74, 6) is -6.00. The first kappa shape index (κ1) is 47.0. The van der Waals surface area contributed by atoms with E-state index in [9.17, 15) is 39.3 Å². The number of nitrogens with one attached hydrogen (secondary N) is 2. The lowest BCUT2D eigenvalue weighted by atomic mass is 9.44. The zero-order valence-electron chi connectivity index (χ0n) is 37.1. The van der Waals surface area contributed by atoms with Gasteiger partial charge in [0.25, 0.3) is 5.91 Å². The van der Waals surface area contributed by atoms with Crippen molar-refractivity contribution in [3.63, 3.8) is 0 Å². The molecule has 0 spiro atoms. The van der Waals surface area contributed by atoms with Crippen LogP contribution in [0.4, 0.5) is 4.79 Å². The number of alkyl carbamates (subject to hydrolysis) is 1. The highest BCUT2D eigenvalue weighted by Gasteiger charge is 2.78. The Kier molecular flexibility index (Phi) is 13.1. The molecule has 3 aromatic rings. The standard InChI is InChI=1S/C49H56N2O14/c1-7-23-50-45(59)63-38-35-27(2)32(62-44(58)37(54)36(29-17-11-8-12-18-29)51-42(56)30-19-13-9-14-20-30)25-49(60,46(35,4)5)41(64-43(57)31-21-15-10-16-22-31)39-47(6,40(38)55)33(53)24-34-48(39,26-61-34)65-28(3)52/h8-22,32-34,36-39,41,53-54,60H,7,23-26H2,1-6H3,(H,50,59)(H,51,56)/t32-,33-,34?,36-,37+,38+,39-,41-,47+,48-,49+/m0/s1. The first-order valence-corrected chi connectivity index (χ1v) is 21.8. The molecule has 0 aromatic heterocycles. The van der Waals surface area contributed by atoms with Crippen LogP contribution in [0.3, 0.4) is 0 Å². The number of benzene rings is 3. The van der Waals surface area contributed by atoms with Crippen molar-refractivity contribution in [1.29, 1.82) is 0 Å². The lowest BCUT2D eigenvalue weighted by molar-refractivity contribution is -0.345. The maximum absolute atomic E-state index is 15.7. The van der Waals surface area contributed by atoms with E-state index in [0.717, 1.165) is 6.92 Å². The third-order valence-corrected chi connectivity index (χ3v) is 13.9. The Morgan fingerprint density at radius 1 is 0.877 bits per heavy atom. The van der Waals surface area contributed by atoms with Gasteiger partial charge in [0.15, 0.2) is 23.6 Å². The van der Waals surface area contributed by atoms with Gasteiger partial charge >= 0.3 is 24.0 Å². The number of carbonyl (C=O) groups is 6. The lowest BCUT2D eigenvalue weighted by Crippen LogP contribution is -2.82. The molecule has 2 saturated carbocycles. The van der Waals surface area contributed by atoms with Gasteiger partial charge < -0.3 is 49.6 Å². The largest absolute Gasteiger partial charge is 0.456 e. The number of ketones is 1. The summed E-state index contributed by atoms with van der Waals surface area (Å²) in [6.07, 6.45) is -11.2. The fraction of sp³-hybridized carbons (Fsp3) is 0.469. The molecule has 16 nitrogen and oxygen atoms in total. The van der Waals surface area contributed by atoms with Crippen LogP contribution in [0.2, 0.25) is 0 Å². The van der Waals surface area contributed by atoms with E-state index in [1.165, 1.54) is 26.0 Å². The number of carbonyl (C=O) groups excluding carboxylic acids is 6. The Morgan fingerprint density at radius 3 is 2.05 bits per heavy atom. The van der Waals surface area contributed by atoms with Gasteiger partial charge in [-0.25, -0.2) is 14.4 Å². The predicted molar refractivity (Wildman–Crippen MR) is 231 cm³/mol. The fourth-order valence-corrected chi connectivity index (χ4v) is 10.4. The minimum atomic E-state index is -2.42. The Hall–Kier alpha value is -5.94. The van der Waals surface area contributed by atoms with E-state index in [4.69, 9.17) is 23.7 Å². The van der Waals surface area contributed by atoms with Crippen LogP contribution in [0.15, 0.2) is 102 Å². The summed E-state index contributed by atoms with van der Waals surface area (Å²) in [6.45, 7) is 8.88. The zero-order valence-corrected chi connectivity index (χ0v) is 37.1. The molecule has 2 bridgehead atoms. The van der Waals surface area contributed by atoms with Crippen LogP contribution in [0.5, 0.6) is 0 Å². The Labute approximate surface area is 376 Å². The van der Waals surface area contributed by atoms with Crippen LogP contribution in [-0.4, -0.2) is 112 Å². The average molecular weight is 897 g/mol. The molecule has 3 aromatic carbocycles. The van der Waals surface area contributed by atoms with E-state index < -0.39 is 113 Å². The van der Waals surface area contributed by atoms with Gasteiger partial charge in [-0.05, 0) is 61.2 Å². The van der Waals surface area contributed by atoms with Crippen molar-refractivity contribution in [1.82, 2.24) is 10.6 Å². The van der Waals surface area contributed by atoms with Crippen molar-refractivity contribution in [2.24, 2.45) is 16.7 Å². The number of amides is 2. The van der Waals surface area contributed by atoms with Gasteiger partial charge in [0.2, 0.25) is 0 Å². The number of fused-ring (bicyclic) bond motifs is 5. The van der Waals surface area contributed by atoms with E-state index in [0.29, 0.717) is 12.0 Å². The van der Waals surface area contributed by atoms with Gasteiger partial charge in [-0.2, -0.15) is 0 Å². The number of rotatable bonds is 12. The monoisotopic (exact) mass is 896 g/mol. The number of Topliss-reactive ketones (excluding diaryl/α,β-unsaturated/α-hetero) is 1. The molecule has 1 unspecified atom stereocenters. The molecule has 65 heavy (non-hydrogen) atoms. The fourth-order valence-electron chi connectivity index (χ4n) is 10.4. The highest BCUT2D eigenvalue weighted by atomic mass is 16.6. The minimum absolute atomic E-state index is 0.0201. The quantitative estimate of drug-likeness (QED) is 0.0969. The molecule has 5 N–H and O–H groups in total. The molecule has 7 rings (SSSR count). The van der Waals surface area contributed by atoms with Gasteiger partial charge in [-0.3, -0.25) is 14.4 Å². The van der Waals surface area contributed by atoms with Crippen molar-refractivity contribution in [3.8, 4) is 0 Å². The topological polar surface area (TPSA) is 233 Å². The molecule has 1 aliphatic heterocycles. The van der Waals surface area contributed by atoms with Crippen molar-refractivity contribution >= 4 is 35.7 Å². The summed E-state index contributed by atoms with van der Waals surface area (Å²) in [4.78, 5) is 84.7. The van der Waals surface area contributed by atoms with Crippen LogP contribution < -0.4 is 10.6 Å². The maximum Gasteiger partial charge on any atom is 0.408 e. The number of ether oxygens (including phenoxy) is 5. The third kappa shape index (κ3) is 8.21. The summed E-state index contributed by atoms with van der Waals surface area (Å²) < 4.78 is 30.6. The first-order valence-electron chi connectivity index (χ1n) is 21.8. The predicted octanol–water partition coefficient (Wildman–Crippen LogP) is 4.31. The number of hydrogen-bond acceptors (Lipinski definition) is 14. The number of aliphatic hydroxyl groups is 3. The smallest absolute Gasteiger partial charge is 0.408 e. The average Bonchev–Trinajstić information content (AvgIpc) is 3.28. The Morgan fingerprint density at radius 2 is 1.48 bits per heavy atom.